The molecule has 0 amide bonds. The van der Waals surface area contributed by atoms with E-state index in [2.05, 4.69) is 6.92 Å². The van der Waals surface area contributed by atoms with Gasteiger partial charge in [0.05, 0.1) is 13.7 Å². The van der Waals surface area contributed by atoms with E-state index in [9.17, 15) is 8.42 Å². The van der Waals surface area contributed by atoms with Crippen LogP contribution >= 0.6 is 0 Å². The van der Waals surface area contributed by atoms with E-state index in [-0.39, 0.29) is 0 Å². The first-order valence-electron chi connectivity index (χ1n) is 5.39. The molecular formula is C12H18NO4S. The fraction of sp³-hybridized carbons (Fsp3) is 0.417. The molecule has 0 spiro atoms. The summed E-state index contributed by atoms with van der Waals surface area (Å²) >= 11 is 0. The number of sulfone groups is 1. The van der Waals surface area contributed by atoms with Crippen LogP contribution in [0.15, 0.2) is 18.2 Å². The molecule has 1 atom stereocenters. The highest BCUT2D eigenvalue weighted by Crippen LogP contribution is 2.33. The van der Waals surface area contributed by atoms with Gasteiger partial charge in [0.1, 0.15) is 4.87 Å². The number of benzene rings is 1. The zero-order valence-corrected chi connectivity index (χ0v) is 11.6. The largest absolute Gasteiger partial charge is 0.493 e. The lowest BCUT2D eigenvalue weighted by Crippen LogP contribution is -2.41. The van der Waals surface area contributed by atoms with Crippen molar-refractivity contribution in [2.24, 2.45) is 5.73 Å². The van der Waals surface area contributed by atoms with Crippen LogP contribution in [0.4, 0.5) is 0 Å². The summed E-state index contributed by atoms with van der Waals surface area (Å²) in [5.74, 6) is 0.963. The Labute approximate surface area is 108 Å². The molecule has 0 aromatic heterocycles. The van der Waals surface area contributed by atoms with Gasteiger partial charge in [0.25, 0.3) is 0 Å². The number of nitrogens with two attached hydrogens (primary N) is 1. The van der Waals surface area contributed by atoms with E-state index >= 15 is 0 Å². The molecule has 0 aliphatic carbocycles. The molecule has 1 unspecified atom stereocenters. The SMILES string of the molecule is [CH2]C(N)(c1ccc(OC)c(OCC)c1)S(C)(=O)=O. The molecule has 1 aromatic carbocycles. The van der Waals surface area contributed by atoms with Crippen LogP contribution in [-0.2, 0) is 14.7 Å². The number of hydrogen-bond acceptors (Lipinski definition) is 5. The highest BCUT2D eigenvalue weighted by atomic mass is 32.2. The number of methoxy groups -OCH3 is 1. The number of ether oxygens (including phenoxy) is 2. The minimum atomic E-state index is -3.54. The smallest absolute Gasteiger partial charge is 0.170 e. The normalized spacial score (nSPS) is 14.9. The standard InChI is InChI=1S/C12H18NO4S/c1-5-17-11-8-9(6-7-10(11)16-3)12(2,13)18(4,14)15/h6-8H,2,5,13H2,1,3-4H3. The van der Waals surface area contributed by atoms with Crippen LogP contribution in [0.2, 0.25) is 0 Å². The lowest BCUT2D eigenvalue weighted by Gasteiger charge is -2.23. The van der Waals surface area contributed by atoms with E-state index < -0.39 is 14.7 Å². The Morgan fingerprint density at radius 3 is 2.44 bits per heavy atom. The molecule has 0 saturated carbocycles. The van der Waals surface area contributed by atoms with Gasteiger partial charge >= 0.3 is 0 Å². The molecule has 0 aliphatic rings. The fourth-order valence-electron chi connectivity index (χ4n) is 1.42. The molecule has 1 aromatic rings. The quantitative estimate of drug-likeness (QED) is 0.868. The van der Waals surface area contributed by atoms with Gasteiger partial charge in [-0.15, -0.1) is 0 Å². The second-order valence-electron chi connectivity index (χ2n) is 3.96. The third kappa shape index (κ3) is 2.76. The van der Waals surface area contributed by atoms with Crippen LogP contribution in [0.1, 0.15) is 12.5 Å². The predicted octanol–water partition coefficient (Wildman–Crippen LogP) is 1.08. The summed E-state index contributed by atoms with van der Waals surface area (Å²) in [6.45, 7) is 5.82. The molecular weight excluding hydrogens is 254 g/mol. The van der Waals surface area contributed by atoms with E-state index in [0.717, 1.165) is 6.26 Å². The van der Waals surface area contributed by atoms with Crippen molar-refractivity contribution in [2.45, 2.75) is 11.8 Å². The molecule has 0 saturated heterocycles. The molecule has 6 heteroatoms. The van der Waals surface area contributed by atoms with Crippen molar-refractivity contribution >= 4 is 9.84 Å². The van der Waals surface area contributed by atoms with E-state index in [1.54, 1.807) is 12.1 Å². The summed E-state index contributed by atoms with van der Waals surface area (Å²) in [6, 6.07) is 4.71. The Morgan fingerprint density at radius 2 is 2.00 bits per heavy atom. The molecule has 18 heavy (non-hydrogen) atoms. The Kier molecular flexibility index (Phi) is 4.24. The summed E-state index contributed by atoms with van der Waals surface area (Å²) in [6.07, 6.45) is 1.05. The maximum atomic E-state index is 11.6. The van der Waals surface area contributed by atoms with Crippen LogP contribution in [-0.4, -0.2) is 28.4 Å². The average molecular weight is 272 g/mol. The summed E-state index contributed by atoms with van der Waals surface area (Å²) in [4.78, 5) is -1.70. The Hall–Kier alpha value is -1.27. The monoisotopic (exact) mass is 272 g/mol. The van der Waals surface area contributed by atoms with Crippen LogP contribution in [0.3, 0.4) is 0 Å². The second kappa shape index (κ2) is 5.16. The molecule has 0 heterocycles. The lowest BCUT2D eigenvalue weighted by atomic mass is 10.1. The van der Waals surface area contributed by atoms with Crippen molar-refractivity contribution in [3.8, 4) is 11.5 Å². The summed E-state index contributed by atoms with van der Waals surface area (Å²) in [5.41, 5.74) is 6.13. The molecule has 1 radical (unpaired) electrons. The number of hydrogen-bond donors (Lipinski definition) is 1. The fourth-order valence-corrected chi connectivity index (χ4v) is 1.98. The summed E-state index contributed by atoms with van der Waals surface area (Å²) in [7, 11) is -2.03. The van der Waals surface area contributed by atoms with E-state index in [1.807, 2.05) is 6.92 Å². The van der Waals surface area contributed by atoms with Gasteiger partial charge in [-0.1, -0.05) is 6.07 Å². The van der Waals surface area contributed by atoms with Crippen LogP contribution in [0, 0.1) is 6.92 Å². The zero-order chi connectivity index (χ0) is 14.0. The van der Waals surface area contributed by atoms with Crippen LogP contribution in [0.25, 0.3) is 0 Å². The summed E-state index contributed by atoms with van der Waals surface area (Å²) in [5, 5.41) is 0. The third-order valence-electron chi connectivity index (χ3n) is 2.61. The Balaban J connectivity index is 3.32. The zero-order valence-electron chi connectivity index (χ0n) is 10.8. The topological polar surface area (TPSA) is 78.6 Å². The molecule has 0 bridgehead atoms. The van der Waals surface area contributed by atoms with Crippen molar-refractivity contribution in [2.75, 3.05) is 20.0 Å². The van der Waals surface area contributed by atoms with Crippen LogP contribution < -0.4 is 15.2 Å². The minimum absolute atomic E-state index is 0.356. The number of rotatable bonds is 5. The van der Waals surface area contributed by atoms with Crippen molar-refractivity contribution < 1.29 is 17.9 Å². The van der Waals surface area contributed by atoms with Gasteiger partial charge in [-0.05, 0) is 31.5 Å². The molecule has 1 rings (SSSR count). The highest BCUT2D eigenvalue weighted by Gasteiger charge is 2.33. The van der Waals surface area contributed by atoms with E-state index in [0.29, 0.717) is 23.7 Å². The van der Waals surface area contributed by atoms with Crippen molar-refractivity contribution in [1.82, 2.24) is 0 Å². The van der Waals surface area contributed by atoms with Gasteiger partial charge in [-0.3, -0.25) is 0 Å². The molecule has 2 N–H and O–H groups in total. The summed E-state index contributed by atoms with van der Waals surface area (Å²) < 4.78 is 33.7. The van der Waals surface area contributed by atoms with Crippen molar-refractivity contribution in [3.63, 3.8) is 0 Å². The van der Waals surface area contributed by atoms with Gasteiger partial charge in [0.2, 0.25) is 0 Å². The minimum Gasteiger partial charge on any atom is -0.493 e. The van der Waals surface area contributed by atoms with Gasteiger partial charge in [-0.2, -0.15) is 0 Å². The molecule has 0 aliphatic heterocycles. The van der Waals surface area contributed by atoms with Gasteiger partial charge in [0, 0.05) is 6.26 Å². The first kappa shape index (κ1) is 14.8. The van der Waals surface area contributed by atoms with E-state index in [1.165, 1.54) is 13.2 Å². The third-order valence-corrected chi connectivity index (χ3v) is 4.17. The van der Waals surface area contributed by atoms with Gasteiger partial charge < -0.3 is 15.2 Å². The molecule has 101 valence electrons. The van der Waals surface area contributed by atoms with Crippen LogP contribution in [0.5, 0.6) is 11.5 Å². The van der Waals surface area contributed by atoms with E-state index in [4.69, 9.17) is 15.2 Å². The maximum absolute atomic E-state index is 11.6. The molecule has 0 fully saturated rings. The Morgan fingerprint density at radius 1 is 1.39 bits per heavy atom. The van der Waals surface area contributed by atoms with Crippen molar-refractivity contribution in [1.29, 1.82) is 0 Å². The first-order chi connectivity index (χ1) is 8.24. The average Bonchev–Trinajstić information content (AvgIpc) is 2.28. The first-order valence-corrected chi connectivity index (χ1v) is 7.28. The Bertz CT molecular complexity index is 523. The highest BCUT2D eigenvalue weighted by molar-refractivity contribution is 7.91. The van der Waals surface area contributed by atoms with Gasteiger partial charge in [-0.25, -0.2) is 8.42 Å². The predicted molar refractivity (Wildman–Crippen MR) is 70.2 cm³/mol. The van der Waals surface area contributed by atoms with Gasteiger partial charge in [0.15, 0.2) is 21.3 Å². The van der Waals surface area contributed by atoms with Crippen molar-refractivity contribution in [3.05, 3.63) is 30.7 Å². The maximum Gasteiger partial charge on any atom is 0.170 e. The second-order valence-corrected chi connectivity index (χ2v) is 6.23. The lowest BCUT2D eigenvalue weighted by molar-refractivity contribution is 0.310. The molecule has 5 nitrogen and oxygen atoms in total.